The van der Waals surface area contributed by atoms with Crippen LogP contribution in [0.25, 0.3) is 0 Å². The van der Waals surface area contributed by atoms with Crippen LogP contribution in [-0.4, -0.2) is 33.2 Å². The van der Waals surface area contributed by atoms with E-state index in [0.29, 0.717) is 22.9 Å². The Morgan fingerprint density at radius 2 is 1.85 bits per heavy atom. The third kappa shape index (κ3) is 7.45. The maximum Gasteiger partial charge on any atom is 0.272 e. The normalized spacial score (nSPS) is 10.9. The van der Waals surface area contributed by atoms with Gasteiger partial charge in [0.1, 0.15) is 12.4 Å². The molecule has 0 unspecified atom stereocenters. The number of ether oxygens (including phenoxy) is 3. The fourth-order valence-corrected chi connectivity index (χ4v) is 2.17. The first kappa shape index (κ1) is 22.7. The van der Waals surface area contributed by atoms with Crippen molar-refractivity contribution in [3.8, 4) is 17.2 Å². The van der Waals surface area contributed by atoms with Crippen molar-refractivity contribution >= 4 is 35.6 Å². The summed E-state index contributed by atoms with van der Waals surface area (Å²) in [6, 6.07) is 12.0. The first-order chi connectivity index (χ1) is 12.5. The highest BCUT2D eigenvalue weighted by Gasteiger charge is 2.06. The molecule has 9 heteroatoms. The van der Waals surface area contributed by atoms with E-state index in [2.05, 4.69) is 10.3 Å². The van der Waals surface area contributed by atoms with Gasteiger partial charge in [-0.25, -0.2) is 13.8 Å². The highest BCUT2D eigenvalue weighted by atomic mass is 127. The number of benzene rings is 2. The Hall–Kier alpha value is -2.30. The molecule has 27 heavy (non-hydrogen) atoms. The highest BCUT2D eigenvalue weighted by Crippen LogP contribution is 2.29. The number of nitrogens with two attached hydrogens (primary N) is 1. The second-order valence-corrected chi connectivity index (χ2v) is 5.25. The minimum Gasteiger partial charge on any atom is -0.493 e. The van der Waals surface area contributed by atoms with Gasteiger partial charge in [-0.1, -0.05) is 12.1 Å². The lowest BCUT2D eigenvalue weighted by molar-refractivity contribution is 0.0818. The Kier molecular flexibility index (Phi) is 9.62. The maximum atomic E-state index is 12.2. The lowest BCUT2D eigenvalue weighted by Crippen LogP contribution is -2.22. The molecule has 2 rings (SSSR count). The quantitative estimate of drug-likeness (QED) is 0.332. The van der Waals surface area contributed by atoms with E-state index in [0.717, 1.165) is 5.56 Å². The van der Waals surface area contributed by atoms with Crippen LogP contribution >= 0.6 is 24.0 Å². The summed E-state index contributed by atoms with van der Waals surface area (Å²) in [6.07, 6.45) is -2.52. The molecule has 0 saturated carbocycles. The number of halogens is 3. The number of nitrogens with zero attached hydrogens (tertiary/aromatic N) is 1. The molecule has 0 spiro atoms. The van der Waals surface area contributed by atoms with Gasteiger partial charge < -0.3 is 25.3 Å². The highest BCUT2D eigenvalue weighted by molar-refractivity contribution is 14.0. The molecule has 0 fully saturated rings. The standard InChI is InChI=1S/C18H21F2N3O3.HI/c1-24-15-7-6-13(9-16(15)25-2)23-18(21)22-10-12-4-3-5-14(8-12)26-11-17(19)20;/h3-9,17H,10-11H2,1-2H3,(H3,21,22,23);1H. The van der Waals surface area contributed by atoms with Gasteiger partial charge in [0.15, 0.2) is 17.5 Å². The fourth-order valence-electron chi connectivity index (χ4n) is 2.17. The molecule has 0 aliphatic rings. The summed E-state index contributed by atoms with van der Waals surface area (Å²) in [4.78, 5) is 4.23. The zero-order chi connectivity index (χ0) is 18.9. The Morgan fingerprint density at radius 3 is 2.52 bits per heavy atom. The van der Waals surface area contributed by atoms with Crippen LogP contribution in [0.4, 0.5) is 14.5 Å². The molecule has 0 aromatic heterocycles. The predicted octanol–water partition coefficient (Wildman–Crippen LogP) is 3.89. The van der Waals surface area contributed by atoms with Crippen molar-refractivity contribution in [2.45, 2.75) is 13.0 Å². The molecule has 0 atom stereocenters. The van der Waals surface area contributed by atoms with Gasteiger partial charge in [-0.05, 0) is 29.8 Å². The fraction of sp³-hybridized carbons (Fsp3) is 0.278. The molecule has 0 heterocycles. The van der Waals surface area contributed by atoms with Crippen LogP contribution in [0.2, 0.25) is 0 Å². The molecule has 2 aromatic carbocycles. The number of nitrogens with one attached hydrogen (secondary N) is 1. The number of rotatable bonds is 8. The first-order valence-electron chi connectivity index (χ1n) is 7.80. The van der Waals surface area contributed by atoms with Crippen LogP contribution in [0.3, 0.4) is 0 Å². The van der Waals surface area contributed by atoms with E-state index in [1.54, 1.807) is 50.6 Å². The van der Waals surface area contributed by atoms with Crippen LogP contribution in [0, 0.1) is 0 Å². The van der Waals surface area contributed by atoms with Crippen LogP contribution in [-0.2, 0) is 6.54 Å². The molecule has 3 N–H and O–H groups in total. The molecule has 0 amide bonds. The van der Waals surface area contributed by atoms with Crippen LogP contribution in [0.1, 0.15) is 5.56 Å². The maximum absolute atomic E-state index is 12.2. The molecule has 148 valence electrons. The van der Waals surface area contributed by atoms with Gasteiger partial charge in [0.25, 0.3) is 6.43 Å². The molecule has 0 bridgehead atoms. The molecule has 2 aromatic rings. The Morgan fingerprint density at radius 1 is 1.11 bits per heavy atom. The predicted molar refractivity (Wildman–Crippen MR) is 112 cm³/mol. The largest absolute Gasteiger partial charge is 0.493 e. The number of aliphatic imine (C=N–C) groups is 1. The third-order valence-electron chi connectivity index (χ3n) is 3.36. The minimum absolute atomic E-state index is 0. The van der Waals surface area contributed by atoms with Crippen molar-refractivity contribution in [1.29, 1.82) is 0 Å². The van der Waals surface area contributed by atoms with Gasteiger partial charge in [-0.15, -0.1) is 24.0 Å². The van der Waals surface area contributed by atoms with Gasteiger partial charge in [0, 0.05) is 11.8 Å². The van der Waals surface area contributed by atoms with Crippen molar-refractivity contribution in [2.24, 2.45) is 10.7 Å². The van der Waals surface area contributed by atoms with Crippen molar-refractivity contribution in [2.75, 3.05) is 26.1 Å². The summed E-state index contributed by atoms with van der Waals surface area (Å²) < 4.78 is 39.8. The van der Waals surface area contributed by atoms with Gasteiger partial charge in [0.2, 0.25) is 0 Å². The van der Waals surface area contributed by atoms with Gasteiger partial charge in [-0.3, -0.25) is 0 Å². The summed E-state index contributed by atoms with van der Waals surface area (Å²) in [7, 11) is 3.10. The van der Waals surface area contributed by atoms with E-state index in [4.69, 9.17) is 19.9 Å². The van der Waals surface area contributed by atoms with E-state index in [1.165, 1.54) is 0 Å². The summed E-state index contributed by atoms with van der Waals surface area (Å²) in [5.74, 6) is 1.74. The lowest BCUT2D eigenvalue weighted by atomic mass is 10.2. The molecule has 0 saturated heterocycles. The van der Waals surface area contributed by atoms with E-state index >= 15 is 0 Å². The van der Waals surface area contributed by atoms with Crippen molar-refractivity contribution < 1.29 is 23.0 Å². The Balaban J connectivity index is 0.00000364. The zero-order valence-corrected chi connectivity index (χ0v) is 17.3. The molecule has 0 aliphatic carbocycles. The monoisotopic (exact) mass is 493 g/mol. The van der Waals surface area contributed by atoms with Crippen molar-refractivity contribution in [3.05, 3.63) is 48.0 Å². The summed E-state index contributed by atoms with van der Waals surface area (Å²) in [6.45, 7) is -0.367. The van der Waals surface area contributed by atoms with E-state index in [-0.39, 0.29) is 36.5 Å². The average Bonchev–Trinajstić information content (AvgIpc) is 2.65. The van der Waals surface area contributed by atoms with Crippen LogP contribution in [0.5, 0.6) is 17.2 Å². The topological polar surface area (TPSA) is 78.1 Å². The number of hydrogen-bond acceptors (Lipinski definition) is 4. The molecule has 0 radical (unpaired) electrons. The molecule has 6 nitrogen and oxygen atoms in total. The second-order valence-electron chi connectivity index (χ2n) is 5.25. The number of hydrogen-bond donors (Lipinski definition) is 2. The number of methoxy groups -OCH3 is 2. The van der Waals surface area contributed by atoms with Crippen molar-refractivity contribution in [3.63, 3.8) is 0 Å². The van der Waals surface area contributed by atoms with Gasteiger partial charge >= 0.3 is 0 Å². The van der Waals surface area contributed by atoms with E-state index < -0.39 is 13.0 Å². The zero-order valence-electron chi connectivity index (χ0n) is 14.9. The van der Waals surface area contributed by atoms with Crippen LogP contribution in [0.15, 0.2) is 47.5 Å². The van der Waals surface area contributed by atoms with E-state index in [1.807, 2.05) is 6.07 Å². The number of alkyl halides is 2. The molecular formula is C18H22F2IN3O3. The third-order valence-corrected chi connectivity index (χ3v) is 3.36. The van der Waals surface area contributed by atoms with E-state index in [9.17, 15) is 8.78 Å². The SMILES string of the molecule is COc1ccc(NC(N)=NCc2cccc(OCC(F)F)c2)cc1OC.I. The smallest absolute Gasteiger partial charge is 0.272 e. The summed E-state index contributed by atoms with van der Waals surface area (Å²) in [5, 5.41) is 2.95. The summed E-state index contributed by atoms with van der Waals surface area (Å²) >= 11 is 0. The van der Waals surface area contributed by atoms with Gasteiger partial charge in [0.05, 0.1) is 20.8 Å². The number of anilines is 1. The van der Waals surface area contributed by atoms with Gasteiger partial charge in [-0.2, -0.15) is 0 Å². The molecule has 0 aliphatic heterocycles. The minimum atomic E-state index is -2.52. The summed E-state index contributed by atoms with van der Waals surface area (Å²) in [5.41, 5.74) is 7.37. The Labute approximate surface area is 173 Å². The average molecular weight is 493 g/mol. The lowest BCUT2D eigenvalue weighted by Gasteiger charge is -2.11. The molecular weight excluding hydrogens is 471 g/mol. The Bertz CT molecular complexity index is 760. The van der Waals surface area contributed by atoms with Crippen LogP contribution < -0.4 is 25.3 Å². The number of guanidine groups is 1. The van der Waals surface area contributed by atoms with Crippen molar-refractivity contribution in [1.82, 2.24) is 0 Å². The first-order valence-corrected chi connectivity index (χ1v) is 7.80. The second kappa shape index (κ2) is 11.4.